The fourth-order valence-electron chi connectivity index (χ4n) is 4.78. The fourth-order valence-corrected chi connectivity index (χ4v) is 4.78. The van der Waals surface area contributed by atoms with Gasteiger partial charge in [0.2, 0.25) is 0 Å². The van der Waals surface area contributed by atoms with Crippen molar-refractivity contribution in [1.29, 1.82) is 0 Å². The molecule has 1 aliphatic heterocycles. The quantitative estimate of drug-likeness (QED) is 0.424. The number of aliphatic carboxylic acids is 1. The zero-order valence-electron chi connectivity index (χ0n) is 18.5. The molecule has 2 aromatic heterocycles. The van der Waals surface area contributed by atoms with E-state index in [4.69, 9.17) is 13.8 Å². The highest BCUT2D eigenvalue weighted by molar-refractivity contribution is 5.85. The zero-order valence-corrected chi connectivity index (χ0v) is 18.5. The minimum Gasteiger partial charge on any atom is -0.481 e. The number of anilines is 1. The molecule has 3 heterocycles. The van der Waals surface area contributed by atoms with Gasteiger partial charge in [-0.05, 0) is 30.4 Å². The van der Waals surface area contributed by atoms with Gasteiger partial charge in [-0.3, -0.25) is 4.79 Å². The van der Waals surface area contributed by atoms with Gasteiger partial charge < -0.3 is 18.8 Å². The smallest absolute Gasteiger partial charge is 0.306 e. The molecule has 1 N–H and O–H groups in total. The van der Waals surface area contributed by atoms with Crippen LogP contribution in [0.3, 0.4) is 0 Å². The molecule has 7 nitrogen and oxygen atoms in total. The van der Waals surface area contributed by atoms with Gasteiger partial charge in [0, 0.05) is 29.8 Å². The van der Waals surface area contributed by atoms with Gasteiger partial charge in [-0.1, -0.05) is 54.6 Å². The first kappa shape index (κ1) is 20.5. The van der Waals surface area contributed by atoms with Crippen molar-refractivity contribution in [3.8, 4) is 33.9 Å². The van der Waals surface area contributed by atoms with Crippen LogP contribution in [0.25, 0.3) is 40.0 Å². The van der Waals surface area contributed by atoms with Gasteiger partial charge in [0.1, 0.15) is 5.69 Å². The zero-order chi connectivity index (χ0) is 23.1. The van der Waals surface area contributed by atoms with Gasteiger partial charge in [-0.25, -0.2) is 4.98 Å². The monoisotopic (exact) mass is 453 g/mol. The first-order valence-corrected chi connectivity index (χ1v) is 11.4. The van der Waals surface area contributed by atoms with Crippen molar-refractivity contribution in [2.75, 3.05) is 18.0 Å². The minimum atomic E-state index is -0.730. The van der Waals surface area contributed by atoms with Gasteiger partial charge in [0.15, 0.2) is 17.9 Å². The molecule has 170 valence electrons. The molecule has 1 saturated heterocycles. The number of hydrogen-bond acceptors (Lipinski definition) is 6. The number of carboxylic acids is 1. The van der Waals surface area contributed by atoms with Gasteiger partial charge in [-0.15, -0.1) is 0 Å². The van der Waals surface area contributed by atoms with Crippen LogP contribution in [-0.2, 0) is 11.2 Å². The summed E-state index contributed by atoms with van der Waals surface area (Å²) in [6.07, 6.45) is 9.48. The Morgan fingerprint density at radius 1 is 1.06 bits per heavy atom. The molecule has 0 bridgehead atoms. The molecule has 1 aliphatic carbocycles. The maximum atomic E-state index is 11.4. The number of piperidine rings is 1. The summed E-state index contributed by atoms with van der Waals surface area (Å²) in [6, 6.07) is 14.8. The van der Waals surface area contributed by atoms with Crippen LogP contribution >= 0.6 is 0 Å². The molecule has 0 spiro atoms. The Kier molecular flexibility index (Phi) is 5.02. The van der Waals surface area contributed by atoms with Crippen molar-refractivity contribution >= 4 is 18.1 Å². The van der Waals surface area contributed by atoms with Crippen LogP contribution in [0.4, 0.5) is 6.01 Å². The van der Waals surface area contributed by atoms with E-state index in [0.29, 0.717) is 37.7 Å². The molecular weight excluding hydrogens is 430 g/mol. The average Bonchev–Trinajstić information content (AvgIpc) is 3.65. The molecular formula is C27H23N3O4. The number of hydrogen-bond donors (Lipinski definition) is 1. The van der Waals surface area contributed by atoms with Crippen molar-refractivity contribution in [3.05, 3.63) is 72.3 Å². The summed E-state index contributed by atoms with van der Waals surface area (Å²) >= 11 is 0. The van der Waals surface area contributed by atoms with E-state index in [1.54, 1.807) is 6.20 Å². The van der Waals surface area contributed by atoms with Gasteiger partial charge in [0.25, 0.3) is 6.01 Å². The SMILES string of the molecule is O=C(O)C1CCN(c2nc(-c3ccc(-c4cnco4)cc3)c(-c3cccc4c3C=CC4)o2)CC1. The number of fused-ring (bicyclic) bond motifs is 1. The summed E-state index contributed by atoms with van der Waals surface area (Å²) in [5.74, 6) is 0.398. The van der Waals surface area contributed by atoms with Gasteiger partial charge >= 0.3 is 5.97 Å². The molecule has 7 heteroatoms. The maximum Gasteiger partial charge on any atom is 0.306 e. The van der Waals surface area contributed by atoms with E-state index in [9.17, 15) is 9.90 Å². The third-order valence-corrected chi connectivity index (χ3v) is 6.67. The summed E-state index contributed by atoms with van der Waals surface area (Å²) in [6.45, 7) is 1.21. The highest BCUT2D eigenvalue weighted by Gasteiger charge is 2.29. The van der Waals surface area contributed by atoms with Crippen LogP contribution in [0.1, 0.15) is 24.0 Å². The highest BCUT2D eigenvalue weighted by Crippen LogP contribution is 2.40. The Bertz CT molecular complexity index is 1360. The number of allylic oxidation sites excluding steroid dienone is 1. The first-order valence-electron chi connectivity index (χ1n) is 11.4. The second kappa shape index (κ2) is 8.33. The molecule has 6 rings (SSSR count). The normalized spacial score (nSPS) is 15.6. The number of carbonyl (C=O) groups is 1. The standard InChI is InChI=1S/C27H23N3O4/c31-26(32)20-11-13-30(14-12-20)27-29-24(19-9-7-18(8-10-19)23-15-28-16-33-23)25(34-27)22-6-2-4-17-3-1-5-21(17)22/h1-2,4-10,15-16,20H,3,11-14H2,(H,31,32). The Balaban J connectivity index is 1.41. The van der Waals surface area contributed by atoms with E-state index in [1.807, 2.05) is 29.2 Å². The summed E-state index contributed by atoms with van der Waals surface area (Å²) in [4.78, 5) is 22.3. The van der Waals surface area contributed by atoms with Crippen LogP contribution in [0.2, 0.25) is 0 Å². The van der Waals surface area contributed by atoms with E-state index in [2.05, 4.69) is 35.3 Å². The summed E-state index contributed by atoms with van der Waals surface area (Å²) in [5.41, 5.74) is 6.09. The van der Waals surface area contributed by atoms with E-state index in [0.717, 1.165) is 40.1 Å². The van der Waals surface area contributed by atoms with Crippen LogP contribution < -0.4 is 4.90 Å². The molecule has 0 unspecified atom stereocenters. The van der Waals surface area contributed by atoms with Crippen LogP contribution in [0, 0.1) is 5.92 Å². The molecule has 0 radical (unpaired) electrons. The number of oxazole rings is 2. The lowest BCUT2D eigenvalue weighted by Crippen LogP contribution is -2.36. The Morgan fingerprint density at radius 3 is 2.59 bits per heavy atom. The van der Waals surface area contributed by atoms with E-state index in [-0.39, 0.29) is 5.92 Å². The predicted octanol–water partition coefficient (Wildman–Crippen LogP) is 5.53. The third kappa shape index (κ3) is 3.59. The van der Waals surface area contributed by atoms with Gasteiger partial charge in [-0.2, -0.15) is 4.98 Å². The van der Waals surface area contributed by atoms with E-state index in [1.165, 1.54) is 12.0 Å². The van der Waals surface area contributed by atoms with Crippen LogP contribution in [0.15, 0.2) is 70.0 Å². The maximum absolute atomic E-state index is 11.4. The van der Waals surface area contributed by atoms with Crippen molar-refractivity contribution in [2.24, 2.45) is 5.92 Å². The van der Waals surface area contributed by atoms with Crippen LogP contribution in [-0.4, -0.2) is 34.1 Å². The first-order chi connectivity index (χ1) is 16.7. The lowest BCUT2D eigenvalue weighted by atomic mass is 9.97. The number of rotatable bonds is 5. The molecule has 0 amide bonds. The van der Waals surface area contributed by atoms with Crippen LogP contribution in [0.5, 0.6) is 0 Å². The molecule has 0 atom stereocenters. The number of carboxylic acid groups (broad SMARTS) is 1. The highest BCUT2D eigenvalue weighted by atomic mass is 16.4. The molecule has 0 saturated carbocycles. The number of benzene rings is 2. The summed E-state index contributed by atoms with van der Waals surface area (Å²) in [7, 11) is 0. The molecule has 34 heavy (non-hydrogen) atoms. The topological polar surface area (TPSA) is 92.6 Å². The lowest BCUT2D eigenvalue weighted by molar-refractivity contribution is -0.142. The van der Waals surface area contributed by atoms with Crippen molar-refractivity contribution < 1.29 is 18.7 Å². The largest absolute Gasteiger partial charge is 0.481 e. The fraction of sp³-hybridized carbons (Fsp3) is 0.222. The Morgan fingerprint density at radius 2 is 1.85 bits per heavy atom. The van der Waals surface area contributed by atoms with Crippen molar-refractivity contribution in [1.82, 2.24) is 9.97 Å². The molecule has 2 aromatic carbocycles. The van der Waals surface area contributed by atoms with E-state index >= 15 is 0 Å². The number of nitrogens with zero attached hydrogens (tertiary/aromatic N) is 3. The Labute approximate surface area is 196 Å². The predicted molar refractivity (Wildman–Crippen MR) is 128 cm³/mol. The van der Waals surface area contributed by atoms with Gasteiger partial charge in [0.05, 0.1) is 12.1 Å². The molecule has 2 aliphatic rings. The lowest BCUT2D eigenvalue weighted by Gasteiger charge is -2.28. The number of aromatic nitrogens is 2. The average molecular weight is 453 g/mol. The second-order valence-electron chi connectivity index (χ2n) is 8.70. The minimum absolute atomic E-state index is 0.309. The third-order valence-electron chi connectivity index (χ3n) is 6.67. The van der Waals surface area contributed by atoms with Crippen molar-refractivity contribution in [3.63, 3.8) is 0 Å². The van der Waals surface area contributed by atoms with E-state index < -0.39 is 5.97 Å². The molecule has 1 fully saturated rings. The summed E-state index contributed by atoms with van der Waals surface area (Å²) < 4.78 is 11.8. The second-order valence-corrected chi connectivity index (χ2v) is 8.70. The molecule has 4 aromatic rings. The van der Waals surface area contributed by atoms with Crippen molar-refractivity contribution in [2.45, 2.75) is 19.3 Å². The summed E-state index contributed by atoms with van der Waals surface area (Å²) in [5, 5.41) is 9.35. The Hall–Kier alpha value is -4.13.